The normalized spacial score (nSPS) is 10.6. The summed E-state index contributed by atoms with van der Waals surface area (Å²) in [5.41, 5.74) is 1.32. The van der Waals surface area contributed by atoms with Crippen molar-refractivity contribution in [2.24, 2.45) is 0 Å². The van der Waals surface area contributed by atoms with Crippen molar-refractivity contribution in [1.29, 1.82) is 0 Å². The lowest BCUT2D eigenvalue weighted by atomic mass is 10.1. The van der Waals surface area contributed by atoms with Gasteiger partial charge in [0, 0.05) is 12.5 Å². The van der Waals surface area contributed by atoms with Gasteiger partial charge in [0.1, 0.15) is 5.82 Å². The Balaban J connectivity index is 1.69. The van der Waals surface area contributed by atoms with Crippen LogP contribution in [0, 0.1) is 11.9 Å². The van der Waals surface area contributed by atoms with Crippen LogP contribution in [-0.4, -0.2) is 9.97 Å². The van der Waals surface area contributed by atoms with Crippen molar-refractivity contribution in [3.05, 3.63) is 59.7 Å². The summed E-state index contributed by atoms with van der Waals surface area (Å²) in [5.74, 6) is -1.35. The first-order chi connectivity index (χ1) is 9.24. The van der Waals surface area contributed by atoms with Gasteiger partial charge in [-0.15, -0.1) is 0 Å². The first-order valence-electron chi connectivity index (χ1n) is 6.47. The minimum absolute atomic E-state index is 0.247. The highest BCUT2D eigenvalue weighted by Crippen LogP contribution is 2.08. The van der Waals surface area contributed by atoms with Gasteiger partial charge >= 0.3 is 0 Å². The Labute approximate surface area is 111 Å². The molecule has 0 spiro atoms. The predicted octanol–water partition coefficient (Wildman–Crippen LogP) is 3.71. The van der Waals surface area contributed by atoms with Crippen LogP contribution < -0.4 is 0 Å². The summed E-state index contributed by atoms with van der Waals surface area (Å²) in [6.07, 6.45) is 4.44. The number of aryl methyl sites for hydroxylation is 2. The van der Waals surface area contributed by atoms with E-state index in [2.05, 4.69) is 22.1 Å². The van der Waals surface area contributed by atoms with E-state index in [1.807, 2.05) is 18.2 Å². The highest BCUT2D eigenvalue weighted by Gasteiger charge is 2.03. The van der Waals surface area contributed by atoms with E-state index in [9.17, 15) is 8.78 Å². The number of hydrogen-bond acceptors (Lipinski definition) is 2. The molecular weight excluding hydrogens is 246 g/mol. The standard InChI is InChI=1S/C15H16F2N2/c16-13-11-14(17)19-15(18-13)10-6-2-5-9-12-7-3-1-4-8-12/h1,3-4,7-8,11H,2,5-6,9-10H2. The topological polar surface area (TPSA) is 25.8 Å². The first-order valence-corrected chi connectivity index (χ1v) is 6.47. The monoisotopic (exact) mass is 262 g/mol. The minimum atomic E-state index is -0.799. The van der Waals surface area contributed by atoms with Crippen molar-refractivity contribution in [3.8, 4) is 0 Å². The van der Waals surface area contributed by atoms with Gasteiger partial charge in [-0.25, -0.2) is 9.97 Å². The number of benzene rings is 1. The van der Waals surface area contributed by atoms with Gasteiger partial charge in [-0.3, -0.25) is 0 Å². The van der Waals surface area contributed by atoms with E-state index in [0.29, 0.717) is 12.5 Å². The van der Waals surface area contributed by atoms with Gasteiger partial charge in [0.15, 0.2) is 0 Å². The van der Waals surface area contributed by atoms with E-state index in [4.69, 9.17) is 0 Å². The van der Waals surface area contributed by atoms with Crippen LogP contribution >= 0.6 is 0 Å². The predicted molar refractivity (Wildman–Crippen MR) is 69.6 cm³/mol. The fourth-order valence-corrected chi connectivity index (χ4v) is 1.98. The van der Waals surface area contributed by atoms with Crippen LogP contribution in [0.15, 0.2) is 36.4 Å². The fraction of sp³-hybridized carbons (Fsp3) is 0.333. The molecule has 4 heteroatoms. The third-order valence-electron chi connectivity index (χ3n) is 2.92. The minimum Gasteiger partial charge on any atom is -0.204 e. The van der Waals surface area contributed by atoms with Crippen molar-refractivity contribution in [1.82, 2.24) is 9.97 Å². The molecule has 2 aromatic rings. The Morgan fingerprint density at radius 2 is 1.42 bits per heavy atom. The third-order valence-corrected chi connectivity index (χ3v) is 2.92. The first kappa shape index (κ1) is 13.6. The van der Waals surface area contributed by atoms with Crippen molar-refractivity contribution in [2.45, 2.75) is 32.1 Å². The highest BCUT2D eigenvalue weighted by atomic mass is 19.1. The highest BCUT2D eigenvalue weighted by molar-refractivity contribution is 5.14. The molecule has 0 aliphatic rings. The fourth-order valence-electron chi connectivity index (χ4n) is 1.98. The lowest BCUT2D eigenvalue weighted by Crippen LogP contribution is -2.00. The maximum atomic E-state index is 12.8. The Morgan fingerprint density at radius 1 is 0.789 bits per heavy atom. The van der Waals surface area contributed by atoms with Gasteiger partial charge in [-0.1, -0.05) is 36.8 Å². The summed E-state index contributed by atoms with van der Waals surface area (Å²) < 4.78 is 25.7. The van der Waals surface area contributed by atoms with Gasteiger partial charge in [0.2, 0.25) is 11.9 Å². The summed E-state index contributed by atoms with van der Waals surface area (Å²) >= 11 is 0. The summed E-state index contributed by atoms with van der Waals surface area (Å²) in [4.78, 5) is 7.14. The quantitative estimate of drug-likeness (QED) is 0.586. The van der Waals surface area contributed by atoms with Crippen LogP contribution in [0.2, 0.25) is 0 Å². The molecule has 1 aromatic heterocycles. The van der Waals surface area contributed by atoms with Gasteiger partial charge in [0.05, 0.1) is 0 Å². The summed E-state index contributed by atoms with van der Waals surface area (Å²) in [5, 5.41) is 0. The second-order valence-electron chi connectivity index (χ2n) is 4.48. The second kappa shape index (κ2) is 6.92. The van der Waals surface area contributed by atoms with Crippen molar-refractivity contribution in [3.63, 3.8) is 0 Å². The maximum Gasteiger partial charge on any atom is 0.219 e. The third kappa shape index (κ3) is 4.73. The Bertz CT molecular complexity index is 495. The van der Waals surface area contributed by atoms with Crippen molar-refractivity contribution < 1.29 is 8.78 Å². The molecule has 0 aliphatic heterocycles. The SMILES string of the molecule is Fc1cc(F)nc(CCCCCc2ccccc2)n1. The molecule has 0 N–H and O–H groups in total. The molecule has 0 saturated heterocycles. The van der Waals surface area contributed by atoms with Gasteiger partial charge < -0.3 is 0 Å². The molecular formula is C15H16F2N2. The number of rotatable bonds is 6. The van der Waals surface area contributed by atoms with E-state index in [1.54, 1.807) is 0 Å². The molecule has 19 heavy (non-hydrogen) atoms. The molecule has 1 heterocycles. The Morgan fingerprint density at radius 3 is 2.11 bits per heavy atom. The molecule has 0 unspecified atom stereocenters. The molecule has 100 valence electrons. The molecule has 2 nitrogen and oxygen atoms in total. The zero-order valence-corrected chi connectivity index (χ0v) is 10.6. The van der Waals surface area contributed by atoms with Crippen molar-refractivity contribution >= 4 is 0 Å². The molecule has 0 saturated carbocycles. The zero-order valence-electron chi connectivity index (χ0n) is 10.6. The van der Waals surface area contributed by atoms with Crippen LogP contribution in [-0.2, 0) is 12.8 Å². The number of nitrogens with zero attached hydrogens (tertiary/aromatic N) is 2. The summed E-state index contributed by atoms with van der Waals surface area (Å²) in [7, 11) is 0. The van der Waals surface area contributed by atoms with Crippen molar-refractivity contribution in [2.75, 3.05) is 0 Å². The number of unbranched alkanes of at least 4 members (excludes halogenated alkanes) is 2. The number of aromatic nitrogens is 2. The van der Waals surface area contributed by atoms with Crippen LogP contribution in [0.1, 0.15) is 30.7 Å². The summed E-state index contributed by atoms with van der Waals surface area (Å²) in [6, 6.07) is 11.0. The molecule has 0 radical (unpaired) electrons. The molecule has 0 bridgehead atoms. The zero-order chi connectivity index (χ0) is 13.5. The average Bonchev–Trinajstić information content (AvgIpc) is 2.38. The van der Waals surface area contributed by atoms with E-state index in [-0.39, 0.29) is 5.82 Å². The number of hydrogen-bond donors (Lipinski definition) is 0. The van der Waals surface area contributed by atoms with Crippen LogP contribution in [0.5, 0.6) is 0 Å². The lowest BCUT2D eigenvalue weighted by molar-refractivity contribution is 0.507. The number of halogens is 2. The van der Waals surface area contributed by atoms with E-state index in [0.717, 1.165) is 25.7 Å². The lowest BCUT2D eigenvalue weighted by Gasteiger charge is -2.02. The van der Waals surface area contributed by atoms with E-state index >= 15 is 0 Å². The molecule has 1 aromatic carbocycles. The van der Waals surface area contributed by atoms with Gasteiger partial charge in [-0.05, 0) is 24.8 Å². The van der Waals surface area contributed by atoms with Gasteiger partial charge in [-0.2, -0.15) is 8.78 Å². The van der Waals surface area contributed by atoms with E-state index < -0.39 is 11.9 Å². The summed E-state index contributed by atoms with van der Waals surface area (Å²) in [6.45, 7) is 0. The average molecular weight is 262 g/mol. The Kier molecular flexibility index (Phi) is 4.95. The smallest absolute Gasteiger partial charge is 0.204 e. The molecule has 2 rings (SSSR count). The second-order valence-corrected chi connectivity index (χ2v) is 4.48. The molecule has 0 fully saturated rings. The largest absolute Gasteiger partial charge is 0.219 e. The molecule has 0 amide bonds. The molecule has 0 atom stereocenters. The molecule has 0 aliphatic carbocycles. The maximum absolute atomic E-state index is 12.8. The van der Waals surface area contributed by atoms with Gasteiger partial charge in [0.25, 0.3) is 0 Å². The Hall–Kier alpha value is -1.84. The van der Waals surface area contributed by atoms with Crippen LogP contribution in [0.3, 0.4) is 0 Å². The van der Waals surface area contributed by atoms with E-state index in [1.165, 1.54) is 5.56 Å². The van der Waals surface area contributed by atoms with Crippen LogP contribution in [0.4, 0.5) is 8.78 Å². The van der Waals surface area contributed by atoms with Crippen LogP contribution in [0.25, 0.3) is 0 Å².